The molecule has 0 bridgehead atoms. The molecule has 1 amide bonds. The number of hydrogen-bond donors (Lipinski definition) is 2. The average Bonchev–Trinajstić information content (AvgIpc) is 2.45. The van der Waals surface area contributed by atoms with Crippen LogP contribution >= 0.6 is 0 Å². The van der Waals surface area contributed by atoms with E-state index in [0.717, 1.165) is 5.56 Å². The van der Waals surface area contributed by atoms with E-state index in [1.165, 1.54) is 6.07 Å². The summed E-state index contributed by atoms with van der Waals surface area (Å²) in [6, 6.07) is 9.89. The molecule has 4 nitrogen and oxygen atoms in total. The molecule has 5 heteroatoms. The number of aromatic nitrogens is 1. The summed E-state index contributed by atoms with van der Waals surface area (Å²) in [5.41, 5.74) is 1.29. The Kier molecular flexibility index (Phi) is 4.44. The van der Waals surface area contributed by atoms with Crippen molar-refractivity contribution in [1.82, 2.24) is 10.3 Å². The summed E-state index contributed by atoms with van der Waals surface area (Å²) in [6.45, 7) is 0.465. The van der Waals surface area contributed by atoms with E-state index in [1.807, 2.05) is 12.1 Å². The number of carbonyl (C=O) groups is 1. The highest BCUT2D eigenvalue weighted by Gasteiger charge is 2.03. The first-order valence-electron chi connectivity index (χ1n) is 5.90. The molecule has 1 aromatic carbocycles. The molecular weight excluding hydrogens is 245 g/mol. The third-order valence-electron chi connectivity index (χ3n) is 2.55. The van der Waals surface area contributed by atoms with Gasteiger partial charge in [-0.15, -0.1) is 0 Å². The van der Waals surface area contributed by atoms with E-state index < -0.39 is 0 Å². The zero-order valence-corrected chi connectivity index (χ0v) is 10.3. The van der Waals surface area contributed by atoms with E-state index in [9.17, 15) is 9.18 Å². The van der Waals surface area contributed by atoms with Crippen LogP contribution in [0.2, 0.25) is 0 Å². The molecule has 2 rings (SSSR count). The fourth-order valence-electron chi connectivity index (χ4n) is 1.54. The number of anilines is 1. The minimum absolute atomic E-state index is 0.0337. The zero-order valence-electron chi connectivity index (χ0n) is 10.3. The number of halogens is 1. The van der Waals surface area contributed by atoms with E-state index in [0.29, 0.717) is 12.2 Å². The standard InChI is InChI=1S/C14H14FN3O/c15-12-3-1-2-4-13(12)17-10-14(19)18-9-11-5-7-16-8-6-11/h1-8,17H,9-10H2,(H,18,19). The number of hydrogen-bond acceptors (Lipinski definition) is 3. The van der Waals surface area contributed by atoms with Gasteiger partial charge >= 0.3 is 0 Å². The molecule has 0 aliphatic carbocycles. The topological polar surface area (TPSA) is 54.0 Å². The van der Waals surface area contributed by atoms with E-state index in [-0.39, 0.29) is 18.3 Å². The van der Waals surface area contributed by atoms with E-state index in [2.05, 4.69) is 15.6 Å². The molecule has 2 N–H and O–H groups in total. The summed E-state index contributed by atoms with van der Waals surface area (Å²) in [6.07, 6.45) is 3.33. The minimum atomic E-state index is -0.371. The van der Waals surface area contributed by atoms with Crippen LogP contribution in [0.25, 0.3) is 0 Å². The van der Waals surface area contributed by atoms with Gasteiger partial charge in [0, 0.05) is 18.9 Å². The van der Waals surface area contributed by atoms with Crippen LogP contribution in [-0.2, 0) is 11.3 Å². The lowest BCUT2D eigenvalue weighted by Gasteiger charge is -2.08. The Morgan fingerprint density at radius 3 is 2.63 bits per heavy atom. The summed E-state index contributed by atoms with van der Waals surface area (Å²) in [4.78, 5) is 15.5. The van der Waals surface area contributed by atoms with Gasteiger partial charge in [-0.1, -0.05) is 12.1 Å². The molecule has 0 unspecified atom stereocenters. The number of amides is 1. The van der Waals surface area contributed by atoms with Crippen LogP contribution in [0.5, 0.6) is 0 Å². The second-order valence-corrected chi connectivity index (χ2v) is 3.97. The van der Waals surface area contributed by atoms with Crippen LogP contribution in [0.15, 0.2) is 48.8 Å². The molecule has 0 atom stereocenters. The van der Waals surface area contributed by atoms with E-state index >= 15 is 0 Å². The van der Waals surface area contributed by atoms with Crippen LogP contribution in [-0.4, -0.2) is 17.4 Å². The Labute approximate surface area is 110 Å². The lowest BCUT2D eigenvalue weighted by atomic mass is 10.2. The van der Waals surface area contributed by atoms with Gasteiger partial charge < -0.3 is 10.6 Å². The van der Waals surface area contributed by atoms with Gasteiger partial charge in [-0.25, -0.2) is 4.39 Å². The summed E-state index contributed by atoms with van der Waals surface area (Å²) in [5.74, 6) is -0.565. The highest BCUT2D eigenvalue weighted by Crippen LogP contribution is 2.11. The number of nitrogens with one attached hydrogen (secondary N) is 2. The Hall–Kier alpha value is -2.43. The quantitative estimate of drug-likeness (QED) is 0.863. The molecule has 0 aliphatic rings. The van der Waals surface area contributed by atoms with Crippen LogP contribution < -0.4 is 10.6 Å². The molecule has 1 heterocycles. The van der Waals surface area contributed by atoms with Crippen LogP contribution in [0.4, 0.5) is 10.1 Å². The van der Waals surface area contributed by atoms with Gasteiger partial charge in [-0.05, 0) is 29.8 Å². The smallest absolute Gasteiger partial charge is 0.239 e. The van der Waals surface area contributed by atoms with Crippen molar-refractivity contribution in [1.29, 1.82) is 0 Å². The van der Waals surface area contributed by atoms with Crippen molar-refractivity contribution in [3.05, 3.63) is 60.2 Å². The molecule has 0 spiro atoms. The number of benzene rings is 1. The van der Waals surface area contributed by atoms with Crippen molar-refractivity contribution in [2.75, 3.05) is 11.9 Å². The third kappa shape index (κ3) is 4.06. The number of carbonyl (C=O) groups excluding carboxylic acids is 1. The number of nitrogens with zero attached hydrogens (tertiary/aromatic N) is 1. The predicted octanol–water partition coefficient (Wildman–Crippen LogP) is 1.95. The predicted molar refractivity (Wildman–Crippen MR) is 71.0 cm³/mol. The largest absolute Gasteiger partial charge is 0.374 e. The number of rotatable bonds is 5. The molecular formula is C14H14FN3O. The first-order chi connectivity index (χ1) is 9.25. The molecule has 0 fully saturated rings. The number of para-hydroxylation sites is 1. The summed E-state index contributed by atoms with van der Waals surface area (Å²) < 4.78 is 13.3. The van der Waals surface area contributed by atoms with Gasteiger partial charge in [0.05, 0.1) is 12.2 Å². The first kappa shape index (κ1) is 13.0. The molecule has 0 saturated carbocycles. The maximum Gasteiger partial charge on any atom is 0.239 e. The second-order valence-electron chi connectivity index (χ2n) is 3.97. The Bertz CT molecular complexity index is 545. The fraction of sp³-hybridized carbons (Fsp3) is 0.143. The summed E-state index contributed by atoms with van der Waals surface area (Å²) in [5, 5.41) is 5.49. The van der Waals surface area contributed by atoms with Crippen molar-refractivity contribution in [2.45, 2.75) is 6.54 Å². The maximum atomic E-state index is 13.3. The van der Waals surface area contributed by atoms with Gasteiger partial charge in [-0.2, -0.15) is 0 Å². The van der Waals surface area contributed by atoms with E-state index in [1.54, 1.807) is 30.6 Å². The Morgan fingerprint density at radius 1 is 1.16 bits per heavy atom. The average molecular weight is 259 g/mol. The zero-order chi connectivity index (χ0) is 13.5. The van der Waals surface area contributed by atoms with Crippen LogP contribution in [0, 0.1) is 5.82 Å². The second kappa shape index (κ2) is 6.49. The number of pyridine rings is 1. The Morgan fingerprint density at radius 2 is 1.89 bits per heavy atom. The van der Waals surface area contributed by atoms with Crippen molar-refractivity contribution in [3.63, 3.8) is 0 Å². The van der Waals surface area contributed by atoms with Gasteiger partial charge in [0.1, 0.15) is 5.82 Å². The lowest BCUT2D eigenvalue weighted by molar-refractivity contribution is -0.119. The molecule has 98 valence electrons. The van der Waals surface area contributed by atoms with Gasteiger partial charge in [0.2, 0.25) is 5.91 Å². The monoisotopic (exact) mass is 259 g/mol. The summed E-state index contributed by atoms with van der Waals surface area (Å²) >= 11 is 0. The van der Waals surface area contributed by atoms with Crippen LogP contribution in [0.3, 0.4) is 0 Å². The SMILES string of the molecule is O=C(CNc1ccccc1F)NCc1ccncc1. The highest BCUT2D eigenvalue weighted by molar-refractivity contribution is 5.80. The molecule has 2 aromatic rings. The first-order valence-corrected chi connectivity index (χ1v) is 5.90. The van der Waals surface area contributed by atoms with Crippen molar-refractivity contribution in [3.8, 4) is 0 Å². The Balaban J connectivity index is 1.78. The van der Waals surface area contributed by atoms with E-state index in [4.69, 9.17) is 0 Å². The van der Waals surface area contributed by atoms with Gasteiger partial charge in [0.25, 0.3) is 0 Å². The molecule has 1 aromatic heterocycles. The normalized spacial score (nSPS) is 9.95. The summed E-state index contributed by atoms with van der Waals surface area (Å²) in [7, 11) is 0. The maximum absolute atomic E-state index is 13.3. The molecule has 19 heavy (non-hydrogen) atoms. The fourth-order valence-corrected chi connectivity index (χ4v) is 1.54. The van der Waals surface area contributed by atoms with Crippen LogP contribution in [0.1, 0.15) is 5.56 Å². The molecule has 0 radical (unpaired) electrons. The van der Waals surface area contributed by atoms with Gasteiger partial charge in [-0.3, -0.25) is 9.78 Å². The highest BCUT2D eigenvalue weighted by atomic mass is 19.1. The molecule has 0 aliphatic heterocycles. The van der Waals surface area contributed by atoms with Crippen molar-refractivity contribution < 1.29 is 9.18 Å². The van der Waals surface area contributed by atoms with Crippen molar-refractivity contribution in [2.24, 2.45) is 0 Å². The molecule has 0 saturated heterocycles. The van der Waals surface area contributed by atoms with Crippen molar-refractivity contribution >= 4 is 11.6 Å². The third-order valence-corrected chi connectivity index (χ3v) is 2.55. The lowest BCUT2D eigenvalue weighted by Crippen LogP contribution is -2.29. The van der Waals surface area contributed by atoms with Gasteiger partial charge in [0.15, 0.2) is 0 Å². The minimum Gasteiger partial charge on any atom is -0.374 e.